The van der Waals surface area contributed by atoms with Gasteiger partial charge in [-0.25, -0.2) is 0 Å². The van der Waals surface area contributed by atoms with Crippen molar-refractivity contribution in [3.63, 3.8) is 0 Å². The molecular weight excluding hydrogens is 615 g/mol. The maximum atomic E-state index is 8.72. The van der Waals surface area contributed by atoms with E-state index in [4.69, 9.17) is 6.85 Å². The number of nitrogens with zero attached hydrogens (tertiary/aromatic N) is 1. The number of hydrogen-bond acceptors (Lipinski definition) is 1. The van der Waals surface area contributed by atoms with Crippen LogP contribution in [-0.2, 0) is 0 Å². The maximum Gasteiger partial charge on any atom is 0.0629 e. The van der Waals surface area contributed by atoms with E-state index in [1.54, 1.807) is 0 Å². The Labute approximate surface area is 306 Å². The van der Waals surface area contributed by atoms with Crippen LogP contribution in [0.3, 0.4) is 0 Å². The summed E-state index contributed by atoms with van der Waals surface area (Å²) in [6, 6.07) is 61.3. The summed E-state index contributed by atoms with van der Waals surface area (Å²) in [5.41, 5.74) is 10.3. The smallest absolute Gasteiger partial charge is 0.0629 e. The van der Waals surface area contributed by atoms with Gasteiger partial charge in [0.1, 0.15) is 0 Å². The lowest BCUT2D eigenvalue weighted by Gasteiger charge is -2.26. The molecule has 1 heteroatoms. The first-order valence-electron chi connectivity index (χ1n) is 19.6. The molecule has 0 atom stereocenters. The van der Waals surface area contributed by atoms with Gasteiger partial charge in [-0.15, -0.1) is 0 Å². The summed E-state index contributed by atoms with van der Waals surface area (Å²) in [5.74, 6) is 0. The van der Waals surface area contributed by atoms with Gasteiger partial charge in [0.15, 0.2) is 0 Å². The number of rotatable bonds is 7. The van der Waals surface area contributed by atoms with E-state index in [0.29, 0.717) is 5.56 Å². The summed E-state index contributed by atoms with van der Waals surface area (Å²) in [4.78, 5) is 2.27. The molecular formula is C50H35N. The number of anilines is 3. The fourth-order valence-electron chi connectivity index (χ4n) is 7.14. The Bertz CT molecular complexity index is 2870. The molecule has 0 saturated heterocycles. The molecule has 0 saturated carbocycles. The molecule has 0 aliphatic heterocycles. The largest absolute Gasteiger partial charge is 0.311 e. The molecule has 0 aliphatic rings. The van der Waals surface area contributed by atoms with Crippen molar-refractivity contribution in [2.75, 3.05) is 4.90 Å². The van der Waals surface area contributed by atoms with Crippen LogP contribution >= 0.6 is 0 Å². The molecule has 0 unspecified atom stereocenters. The van der Waals surface area contributed by atoms with Gasteiger partial charge in [0.25, 0.3) is 0 Å². The van der Waals surface area contributed by atoms with Crippen molar-refractivity contribution in [2.45, 2.75) is 0 Å². The highest BCUT2D eigenvalue weighted by Crippen LogP contribution is 2.40. The lowest BCUT2D eigenvalue weighted by atomic mass is 9.90. The number of fused-ring (bicyclic) bond motifs is 2. The molecule has 0 bridgehead atoms. The second-order valence-electron chi connectivity index (χ2n) is 12.6. The molecule has 240 valence electrons. The summed E-state index contributed by atoms with van der Waals surface area (Å²) < 4.78 is 42.2. The van der Waals surface area contributed by atoms with Gasteiger partial charge in [-0.2, -0.15) is 0 Å². The first kappa shape index (κ1) is 25.3. The molecule has 0 heterocycles. The van der Waals surface area contributed by atoms with Crippen LogP contribution in [0, 0.1) is 0 Å². The van der Waals surface area contributed by atoms with Crippen LogP contribution in [0.4, 0.5) is 17.1 Å². The first-order valence-corrected chi connectivity index (χ1v) is 17.1. The molecule has 51 heavy (non-hydrogen) atoms. The van der Waals surface area contributed by atoms with Gasteiger partial charge < -0.3 is 4.90 Å². The SMILES string of the molecule is [2H]c1c([2H])c([2H])c(-c2cccc3cccc(-c4cccc(-c5ccc(N(c6ccccc6)c6ccc(-c7cccc8ccccc78)cc6)cc5)c4)c23)c([2H])c1[2H]. The normalized spacial score (nSPS) is 12.5. The van der Waals surface area contributed by atoms with Crippen LogP contribution in [0.25, 0.3) is 66.1 Å². The van der Waals surface area contributed by atoms with E-state index in [0.717, 1.165) is 50.1 Å². The standard InChI is InChI=1S/C50H35N/c1-3-13-38(14-4-1)48-25-11-17-40-18-12-26-49(50(40)48)42-20-9-19-41(35-42)36-27-31-44(32-28-36)51(43-21-5-2-6-22-43)45-33-29-39(30-34-45)47-24-10-16-37-15-7-8-23-46(37)47/h1-35H/i1D,3D,4D,13D,14D. The Balaban J connectivity index is 1.08. The quantitative estimate of drug-likeness (QED) is 0.165. The summed E-state index contributed by atoms with van der Waals surface area (Å²) in [6.45, 7) is 0. The van der Waals surface area contributed by atoms with Crippen molar-refractivity contribution in [1.82, 2.24) is 0 Å². The van der Waals surface area contributed by atoms with Crippen LogP contribution < -0.4 is 4.90 Å². The highest BCUT2D eigenvalue weighted by Gasteiger charge is 2.15. The highest BCUT2D eigenvalue weighted by molar-refractivity contribution is 6.06. The zero-order valence-corrected chi connectivity index (χ0v) is 27.8. The van der Waals surface area contributed by atoms with E-state index in [1.165, 1.54) is 21.9 Å². The molecule has 0 aliphatic carbocycles. The third-order valence-electron chi connectivity index (χ3n) is 9.55. The molecule has 0 fully saturated rings. The van der Waals surface area contributed by atoms with Crippen LogP contribution in [0.5, 0.6) is 0 Å². The minimum Gasteiger partial charge on any atom is -0.311 e. The Morgan fingerprint density at radius 1 is 0.333 bits per heavy atom. The Morgan fingerprint density at radius 2 is 0.863 bits per heavy atom. The van der Waals surface area contributed by atoms with Gasteiger partial charge >= 0.3 is 0 Å². The highest BCUT2D eigenvalue weighted by atomic mass is 15.1. The van der Waals surface area contributed by atoms with Crippen molar-refractivity contribution in [2.24, 2.45) is 0 Å². The van der Waals surface area contributed by atoms with Crippen molar-refractivity contribution in [1.29, 1.82) is 0 Å². The van der Waals surface area contributed by atoms with Crippen molar-refractivity contribution < 1.29 is 6.85 Å². The zero-order chi connectivity index (χ0) is 38.3. The lowest BCUT2D eigenvalue weighted by molar-refractivity contribution is 1.28. The van der Waals surface area contributed by atoms with Gasteiger partial charge in [0.05, 0.1) is 6.85 Å². The lowest BCUT2D eigenvalue weighted by Crippen LogP contribution is -2.09. The monoisotopic (exact) mass is 654 g/mol. The van der Waals surface area contributed by atoms with Crippen molar-refractivity contribution >= 4 is 38.6 Å². The van der Waals surface area contributed by atoms with Gasteiger partial charge in [-0.3, -0.25) is 0 Å². The third kappa shape index (κ3) is 5.86. The van der Waals surface area contributed by atoms with E-state index in [2.05, 4.69) is 138 Å². The average molecular weight is 655 g/mol. The molecule has 0 N–H and O–H groups in total. The minimum absolute atomic E-state index is 0.201. The van der Waals surface area contributed by atoms with E-state index < -0.39 is 6.04 Å². The van der Waals surface area contributed by atoms with Crippen LogP contribution in [0.2, 0.25) is 0 Å². The van der Waals surface area contributed by atoms with E-state index >= 15 is 0 Å². The molecule has 1 nitrogen and oxygen atoms in total. The van der Waals surface area contributed by atoms with Crippen molar-refractivity contribution in [3.8, 4) is 44.5 Å². The zero-order valence-electron chi connectivity index (χ0n) is 32.8. The first-order chi connectivity index (χ1) is 27.4. The summed E-state index contributed by atoms with van der Waals surface area (Å²) >= 11 is 0. The Morgan fingerprint density at radius 3 is 1.59 bits per heavy atom. The third-order valence-corrected chi connectivity index (χ3v) is 9.55. The summed E-state index contributed by atoms with van der Waals surface area (Å²) in [6.07, 6.45) is 0. The van der Waals surface area contributed by atoms with E-state index in [-0.39, 0.29) is 29.7 Å². The topological polar surface area (TPSA) is 3.24 Å². The Kier molecular flexibility index (Phi) is 6.60. The van der Waals surface area contributed by atoms with Gasteiger partial charge in [0, 0.05) is 17.1 Å². The number of hydrogen-bond donors (Lipinski definition) is 0. The molecule has 9 aromatic carbocycles. The second-order valence-corrected chi connectivity index (χ2v) is 12.6. The summed E-state index contributed by atoms with van der Waals surface area (Å²) in [7, 11) is 0. The van der Waals surface area contributed by atoms with Gasteiger partial charge in [-0.1, -0.05) is 170 Å². The van der Waals surface area contributed by atoms with Crippen LogP contribution in [0.15, 0.2) is 212 Å². The maximum absolute atomic E-state index is 8.72. The molecule has 9 aromatic rings. The fraction of sp³-hybridized carbons (Fsp3) is 0. The van der Waals surface area contributed by atoms with Crippen molar-refractivity contribution in [3.05, 3.63) is 212 Å². The fourth-order valence-corrected chi connectivity index (χ4v) is 7.14. The number of para-hydroxylation sites is 1. The van der Waals surface area contributed by atoms with Crippen LogP contribution in [0.1, 0.15) is 6.85 Å². The molecule has 0 spiro atoms. The van der Waals surface area contributed by atoms with E-state index in [1.807, 2.05) is 48.5 Å². The van der Waals surface area contributed by atoms with Crippen LogP contribution in [-0.4, -0.2) is 0 Å². The predicted molar refractivity (Wildman–Crippen MR) is 218 cm³/mol. The second kappa shape index (κ2) is 13.3. The average Bonchev–Trinajstić information content (AvgIpc) is 3.26. The molecule has 9 rings (SSSR count). The van der Waals surface area contributed by atoms with Gasteiger partial charge in [0.2, 0.25) is 0 Å². The molecule has 0 radical (unpaired) electrons. The number of benzene rings is 9. The summed E-state index contributed by atoms with van der Waals surface area (Å²) in [5, 5.41) is 4.22. The van der Waals surface area contributed by atoms with Gasteiger partial charge in [-0.05, 0) is 109 Å². The minimum atomic E-state index is -0.399. The van der Waals surface area contributed by atoms with E-state index in [9.17, 15) is 0 Å². The molecule has 0 aromatic heterocycles. The molecule has 0 amide bonds. The Hall–Kier alpha value is -6.70. The predicted octanol–water partition coefficient (Wildman–Crippen LogP) is 14.1.